The Labute approximate surface area is 178 Å². The van der Waals surface area contributed by atoms with Crippen molar-refractivity contribution in [1.29, 1.82) is 0 Å². The standard InChI is InChI=1S/C23H18Cl2N2O2/c1-13-6-8-16(10-14(13)2)26-23(28)29-17-9-7-15-11-21(27-20(15)12-17)22-18(24)4-3-5-19(22)25/h3-12,27H,1-2H3,(H,26,28). The van der Waals surface area contributed by atoms with Crippen molar-refractivity contribution in [3.63, 3.8) is 0 Å². The second-order valence-corrected chi connectivity index (χ2v) is 7.66. The highest BCUT2D eigenvalue weighted by atomic mass is 35.5. The molecule has 3 aromatic carbocycles. The fraction of sp³-hybridized carbons (Fsp3) is 0.0870. The van der Waals surface area contributed by atoms with Crippen molar-refractivity contribution < 1.29 is 9.53 Å². The Morgan fingerprint density at radius 2 is 1.69 bits per heavy atom. The minimum atomic E-state index is -0.548. The second kappa shape index (κ2) is 7.82. The number of amides is 1. The lowest BCUT2D eigenvalue weighted by atomic mass is 10.1. The van der Waals surface area contributed by atoms with E-state index in [1.807, 2.05) is 44.2 Å². The number of carbonyl (C=O) groups is 1. The van der Waals surface area contributed by atoms with Gasteiger partial charge in [0.05, 0.1) is 10.0 Å². The van der Waals surface area contributed by atoms with Crippen LogP contribution < -0.4 is 10.1 Å². The van der Waals surface area contributed by atoms with Gasteiger partial charge in [-0.15, -0.1) is 0 Å². The first-order valence-electron chi connectivity index (χ1n) is 9.04. The van der Waals surface area contributed by atoms with Gasteiger partial charge in [-0.05, 0) is 67.4 Å². The van der Waals surface area contributed by atoms with Crippen LogP contribution in [0.25, 0.3) is 22.2 Å². The van der Waals surface area contributed by atoms with E-state index < -0.39 is 6.09 Å². The summed E-state index contributed by atoms with van der Waals surface area (Å²) in [6.07, 6.45) is -0.548. The molecule has 1 amide bonds. The molecule has 0 aliphatic carbocycles. The molecular weight excluding hydrogens is 407 g/mol. The Kier molecular flexibility index (Phi) is 5.22. The Hall–Kier alpha value is -2.95. The number of fused-ring (bicyclic) bond motifs is 1. The number of aromatic nitrogens is 1. The van der Waals surface area contributed by atoms with Crippen molar-refractivity contribution in [3.05, 3.63) is 81.8 Å². The molecule has 0 saturated carbocycles. The zero-order valence-corrected chi connectivity index (χ0v) is 17.4. The molecule has 4 nitrogen and oxygen atoms in total. The molecule has 4 aromatic rings. The summed E-state index contributed by atoms with van der Waals surface area (Å²) < 4.78 is 5.44. The third-order valence-electron chi connectivity index (χ3n) is 4.79. The van der Waals surface area contributed by atoms with Gasteiger partial charge in [0, 0.05) is 33.9 Å². The molecule has 0 spiro atoms. The number of aromatic amines is 1. The van der Waals surface area contributed by atoms with Gasteiger partial charge in [0.2, 0.25) is 0 Å². The van der Waals surface area contributed by atoms with Gasteiger partial charge >= 0.3 is 6.09 Å². The van der Waals surface area contributed by atoms with Gasteiger partial charge in [-0.2, -0.15) is 0 Å². The highest BCUT2D eigenvalue weighted by Crippen LogP contribution is 2.36. The fourth-order valence-corrected chi connectivity index (χ4v) is 3.73. The topological polar surface area (TPSA) is 54.1 Å². The molecule has 146 valence electrons. The number of nitrogens with one attached hydrogen (secondary N) is 2. The zero-order valence-electron chi connectivity index (χ0n) is 15.8. The van der Waals surface area contributed by atoms with Crippen LogP contribution in [0.5, 0.6) is 5.75 Å². The Morgan fingerprint density at radius 1 is 0.931 bits per heavy atom. The summed E-state index contributed by atoms with van der Waals surface area (Å²) in [7, 11) is 0. The van der Waals surface area contributed by atoms with E-state index in [0.29, 0.717) is 21.5 Å². The molecule has 6 heteroatoms. The molecule has 1 aromatic heterocycles. The van der Waals surface area contributed by atoms with Crippen molar-refractivity contribution in [2.24, 2.45) is 0 Å². The third-order valence-corrected chi connectivity index (χ3v) is 5.42. The summed E-state index contributed by atoms with van der Waals surface area (Å²) >= 11 is 12.6. The molecule has 0 aliphatic heterocycles. The van der Waals surface area contributed by atoms with E-state index in [-0.39, 0.29) is 0 Å². The summed E-state index contributed by atoms with van der Waals surface area (Å²) in [6, 6.07) is 18.4. The summed E-state index contributed by atoms with van der Waals surface area (Å²) in [4.78, 5) is 15.5. The van der Waals surface area contributed by atoms with Crippen LogP contribution in [0, 0.1) is 13.8 Å². The third kappa shape index (κ3) is 4.09. The largest absolute Gasteiger partial charge is 0.417 e. The highest BCUT2D eigenvalue weighted by Gasteiger charge is 2.12. The van der Waals surface area contributed by atoms with Gasteiger partial charge in [0.25, 0.3) is 0 Å². The Balaban J connectivity index is 1.56. The van der Waals surface area contributed by atoms with E-state index in [2.05, 4.69) is 10.3 Å². The van der Waals surface area contributed by atoms with Crippen molar-refractivity contribution in [1.82, 2.24) is 4.98 Å². The molecule has 0 aliphatic rings. The summed E-state index contributed by atoms with van der Waals surface area (Å²) in [6.45, 7) is 4.01. The molecule has 4 rings (SSSR count). The number of anilines is 1. The average molecular weight is 425 g/mol. The van der Waals surface area contributed by atoms with Crippen LogP contribution in [0.2, 0.25) is 10.0 Å². The minimum Gasteiger partial charge on any atom is -0.410 e. The second-order valence-electron chi connectivity index (χ2n) is 6.84. The first-order valence-corrected chi connectivity index (χ1v) is 9.79. The first-order chi connectivity index (χ1) is 13.9. The maximum absolute atomic E-state index is 12.3. The molecule has 0 radical (unpaired) electrons. The smallest absolute Gasteiger partial charge is 0.410 e. The number of carbonyl (C=O) groups excluding carboxylic acids is 1. The van der Waals surface area contributed by atoms with E-state index in [1.165, 1.54) is 0 Å². The van der Waals surface area contributed by atoms with E-state index >= 15 is 0 Å². The van der Waals surface area contributed by atoms with Crippen molar-refractivity contribution >= 4 is 45.9 Å². The fourth-order valence-electron chi connectivity index (χ4n) is 3.13. The van der Waals surface area contributed by atoms with Crippen molar-refractivity contribution in [2.45, 2.75) is 13.8 Å². The van der Waals surface area contributed by atoms with Crippen LogP contribution in [-0.4, -0.2) is 11.1 Å². The molecule has 0 saturated heterocycles. The van der Waals surface area contributed by atoms with Crippen LogP contribution in [-0.2, 0) is 0 Å². The van der Waals surface area contributed by atoms with E-state index in [0.717, 1.165) is 33.3 Å². The minimum absolute atomic E-state index is 0.428. The molecule has 29 heavy (non-hydrogen) atoms. The van der Waals surface area contributed by atoms with Crippen LogP contribution in [0.4, 0.5) is 10.5 Å². The predicted molar refractivity (Wildman–Crippen MR) is 119 cm³/mol. The van der Waals surface area contributed by atoms with Gasteiger partial charge in [-0.1, -0.05) is 35.3 Å². The molecule has 0 bridgehead atoms. The van der Waals surface area contributed by atoms with Gasteiger partial charge in [0.1, 0.15) is 5.75 Å². The number of ether oxygens (including phenoxy) is 1. The van der Waals surface area contributed by atoms with Crippen molar-refractivity contribution in [3.8, 4) is 17.0 Å². The zero-order chi connectivity index (χ0) is 20.5. The molecular formula is C23H18Cl2N2O2. The highest BCUT2D eigenvalue weighted by molar-refractivity contribution is 6.39. The van der Waals surface area contributed by atoms with E-state index in [9.17, 15) is 4.79 Å². The van der Waals surface area contributed by atoms with Gasteiger partial charge in [0.15, 0.2) is 0 Å². The lowest BCUT2D eigenvalue weighted by Crippen LogP contribution is -2.16. The summed E-state index contributed by atoms with van der Waals surface area (Å²) in [5, 5.41) is 4.83. The van der Waals surface area contributed by atoms with Crippen LogP contribution in [0.1, 0.15) is 11.1 Å². The van der Waals surface area contributed by atoms with Crippen LogP contribution >= 0.6 is 23.2 Å². The maximum Gasteiger partial charge on any atom is 0.417 e. The molecule has 1 heterocycles. The SMILES string of the molecule is Cc1ccc(NC(=O)Oc2ccc3cc(-c4c(Cl)cccc4Cl)[nH]c3c2)cc1C. The van der Waals surface area contributed by atoms with Gasteiger partial charge < -0.3 is 9.72 Å². The molecule has 0 fully saturated rings. The number of hydrogen-bond acceptors (Lipinski definition) is 2. The number of rotatable bonds is 3. The first kappa shape index (κ1) is 19.4. The van der Waals surface area contributed by atoms with E-state index in [4.69, 9.17) is 27.9 Å². The van der Waals surface area contributed by atoms with Crippen LogP contribution in [0.3, 0.4) is 0 Å². The van der Waals surface area contributed by atoms with Crippen molar-refractivity contribution in [2.75, 3.05) is 5.32 Å². The monoisotopic (exact) mass is 424 g/mol. The molecule has 0 atom stereocenters. The summed E-state index contributed by atoms with van der Waals surface area (Å²) in [5.74, 6) is 0.428. The summed E-state index contributed by atoms with van der Waals surface area (Å²) in [5.41, 5.74) is 5.30. The number of benzene rings is 3. The van der Waals surface area contributed by atoms with Gasteiger partial charge in [-0.3, -0.25) is 5.32 Å². The Bertz CT molecular complexity index is 1210. The molecule has 0 unspecified atom stereocenters. The average Bonchev–Trinajstić information content (AvgIpc) is 3.07. The number of aryl methyl sites for hydroxylation is 2. The maximum atomic E-state index is 12.3. The quantitative estimate of drug-likeness (QED) is 0.360. The Morgan fingerprint density at radius 3 is 2.41 bits per heavy atom. The van der Waals surface area contributed by atoms with E-state index in [1.54, 1.807) is 30.3 Å². The lowest BCUT2D eigenvalue weighted by Gasteiger charge is -2.08. The normalized spacial score (nSPS) is 10.9. The van der Waals surface area contributed by atoms with Crippen LogP contribution in [0.15, 0.2) is 60.7 Å². The predicted octanol–water partition coefficient (Wildman–Crippen LogP) is 7.37. The molecule has 2 N–H and O–H groups in total. The lowest BCUT2D eigenvalue weighted by molar-refractivity contribution is 0.215. The number of H-pyrrole nitrogens is 1. The number of halogens is 2. The van der Waals surface area contributed by atoms with Gasteiger partial charge in [-0.25, -0.2) is 4.79 Å². The number of hydrogen-bond donors (Lipinski definition) is 2.